The number of hydrogen-bond donors (Lipinski definition) is 0. The molecule has 1 aromatic rings. The maximum atomic E-state index is 12.4. The molecule has 0 amide bonds. The highest BCUT2D eigenvalue weighted by Crippen LogP contribution is 2.22. The Morgan fingerprint density at radius 2 is 2.21 bits per heavy atom. The smallest absolute Gasteiger partial charge is 0.242 e. The summed E-state index contributed by atoms with van der Waals surface area (Å²) in [5.74, 6) is 0.428. The molecule has 4 nitrogen and oxygen atoms in total. The van der Waals surface area contributed by atoms with E-state index < -0.39 is 10.0 Å². The van der Waals surface area contributed by atoms with Gasteiger partial charge in [-0.15, -0.1) is 0 Å². The molecule has 0 aliphatic carbocycles. The van der Waals surface area contributed by atoms with Gasteiger partial charge in [-0.1, -0.05) is 22.0 Å². The summed E-state index contributed by atoms with van der Waals surface area (Å²) in [7, 11) is 0.352. The van der Waals surface area contributed by atoms with Gasteiger partial charge in [0.1, 0.15) is 0 Å². The van der Waals surface area contributed by atoms with E-state index in [-0.39, 0.29) is 0 Å². The third kappa shape index (κ3) is 3.56. The SMILES string of the molecule is CN1CCC(CN(C)S(=O)(=O)c2cccc(Br)c2)C1. The number of likely N-dealkylation sites (tertiary alicyclic amines) is 1. The van der Waals surface area contributed by atoms with E-state index in [0.29, 0.717) is 17.4 Å². The standard InChI is InChI=1S/C13H19BrN2O2S/c1-15-7-6-11(9-15)10-16(2)19(17,18)13-5-3-4-12(14)8-13/h3-5,8,11H,6-7,9-10H2,1-2H3. The second-order valence-electron chi connectivity index (χ2n) is 5.16. The molecule has 0 spiro atoms. The largest absolute Gasteiger partial charge is 0.306 e. The van der Waals surface area contributed by atoms with Gasteiger partial charge in [0.15, 0.2) is 0 Å². The molecule has 1 aliphatic heterocycles. The van der Waals surface area contributed by atoms with Crippen LogP contribution in [-0.2, 0) is 10.0 Å². The van der Waals surface area contributed by atoms with Gasteiger partial charge in [0.05, 0.1) is 4.90 Å². The zero-order valence-electron chi connectivity index (χ0n) is 11.2. The summed E-state index contributed by atoms with van der Waals surface area (Å²) in [6, 6.07) is 6.85. The Labute approximate surface area is 123 Å². The Morgan fingerprint density at radius 1 is 1.47 bits per heavy atom. The van der Waals surface area contributed by atoms with E-state index in [4.69, 9.17) is 0 Å². The van der Waals surface area contributed by atoms with Crippen molar-refractivity contribution in [2.24, 2.45) is 5.92 Å². The van der Waals surface area contributed by atoms with Gasteiger partial charge >= 0.3 is 0 Å². The lowest BCUT2D eigenvalue weighted by atomic mass is 10.1. The van der Waals surface area contributed by atoms with Crippen molar-refractivity contribution < 1.29 is 8.42 Å². The molecule has 2 rings (SSSR count). The molecule has 1 aliphatic rings. The summed E-state index contributed by atoms with van der Waals surface area (Å²) >= 11 is 3.31. The topological polar surface area (TPSA) is 40.6 Å². The summed E-state index contributed by atoms with van der Waals surface area (Å²) < 4.78 is 27.1. The van der Waals surface area contributed by atoms with Crippen molar-refractivity contribution in [3.63, 3.8) is 0 Å². The van der Waals surface area contributed by atoms with Gasteiger partial charge < -0.3 is 4.90 Å². The summed E-state index contributed by atoms with van der Waals surface area (Å²) in [6.07, 6.45) is 1.06. The molecule has 1 saturated heterocycles. The minimum Gasteiger partial charge on any atom is -0.306 e. The van der Waals surface area contributed by atoms with E-state index in [0.717, 1.165) is 24.0 Å². The van der Waals surface area contributed by atoms with Crippen molar-refractivity contribution in [3.05, 3.63) is 28.7 Å². The monoisotopic (exact) mass is 346 g/mol. The van der Waals surface area contributed by atoms with Gasteiger partial charge in [0.2, 0.25) is 10.0 Å². The fourth-order valence-electron chi connectivity index (χ4n) is 2.44. The molecular weight excluding hydrogens is 328 g/mol. The third-order valence-corrected chi connectivity index (χ3v) is 5.82. The second kappa shape index (κ2) is 5.91. The Bertz CT molecular complexity index is 547. The van der Waals surface area contributed by atoms with Crippen molar-refractivity contribution in [2.45, 2.75) is 11.3 Å². The third-order valence-electron chi connectivity index (χ3n) is 3.51. The van der Waals surface area contributed by atoms with Crippen molar-refractivity contribution in [2.75, 3.05) is 33.7 Å². The van der Waals surface area contributed by atoms with Crippen LogP contribution < -0.4 is 0 Å². The van der Waals surface area contributed by atoms with Gasteiger partial charge in [-0.05, 0) is 44.1 Å². The molecule has 19 heavy (non-hydrogen) atoms. The van der Waals surface area contributed by atoms with Crippen LogP contribution in [0.2, 0.25) is 0 Å². The second-order valence-corrected chi connectivity index (χ2v) is 8.12. The molecule has 1 heterocycles. The molecule has 0 radical (unpaired) electrons. The fourth-order valence-corrected chi connectivity index (χ4v) is 4.29. The molecular formula is C13H19BrN2O2S. The number of hydrogen-bond acceptors (Lipinski definition) is 3. The first-order valence-corrected chi connectivity index (χ1v) is 8.53. The Balaban J connectivity index is 2.11. The molecule has 0 bridgehead atoms. The Hall–Kier alpha value is -0.430. The van der Waals surface area contributed by atoms with Crippen LogP contribution in [-0.4, -0.2) is 51.4 Å². The molecule has 6 heteroatoms. The number of sulfonamides is 1. The highest BCUT2D eigenvalue weighted by atomic mass is 79.9. The first kappa shape index (κ1) is 15.0. The highest BCUT2D eigenvalue weighted by molar-refractivity contribution is 9.10. The number of benzene rings is 1. The van der Waals surface area contributed by atoms with Crippen LogP contribution in [0.1, 0.15) is 6.42 Å². The van der Waals surface area contributed by atoms with Crippen LogP contribution in [0.5, 0.6) is 0 Å². The van der Waals surface area contributed by atoms with Crippen LogP contribution in [0.3, 0.4) is 0 Å². The normalized spacial score (nSPS) is 21.2. The molecule has 106 valence electrons. The predicted molar refractivity (Wildman–Crippen MR) is 79.6 cm³/mol. The first-order chi connectivity index (χ1) is 8.89. The zero-order valence-corrected chi connectivity index (χ0v) is 13.6. The minimum atomic E-state index is -3.38. The first-order valence-electron chi connectivity index (χ1n) is 6.30. The quantitative estimate of drug-likeness (QED) is 0.837. The minimum absolute atomic E-state index is 0.343. The lowest BCUT2D eigenvalue weighted by Gasteiger charge is -2.21. The van der Waals surface area contributed by atoms with Crippen molar-refractivity contribution in [1.82, 2.24) is 9.21 Å². The maximum absolute atomic E-state index is 12.4. The van der Waals surface area contributed by atoms with Crippen molar-refractivity contribution >= 4 is 26.0 Å². The highest BCUT2D eigenvalue weighted by Gasteiger charge is 2.27. The van der Waals surface area contributed by atoms with Gasteiger partial charge in [0, 0.05) is 24.6 Å². The average molecular weight is 347 g/mol. The summed E-state index contributed by atoms with van der Waals surface area (Å²) in [4.78, 5) is 2.58. The van der Waals surface area contributed by atoms with Crippen LogP contribution in [0.15, 0.2) is 33.6 Å². The Kier molecular flexibility index (Phi) is 4.66. The summed E-state index contributed by atoms with van der Waals surface area (Å²) in [5, 5.41) is 0. The van der Waals surface area contributed by atoms with E-state index in [2.05, 4.69) is 27.9 Å². The molecule has 1 unspecified atom stereocenters. The van der Waals surface area contributed by atoms with E-state index in [1.807, 2.05) is 6.07 Å². The van der Waals surface area contributed by atoms with Gasteiger partial charge in [-0.3, -0.25) is 0 Å². The van der Waals surface area contributed by atoms with Gasteiger partial charge in [-0.2, -0.15) is 0 Å². The predicted octanol–water partition coefficient (Wildman–Crippen LogP) is 2.02. The zero-order chi connectivity index (χ0) is 14.0. The average Bonchev–Trinajstić information content (AvgIpc) is 2.74. The lowest BCUT2D eigenvalue weighted by Crippen LogP contribution is -2.32. The van der Waals surface area contributed by atoms with Crippen LogP contribution in [0, 0.1) is 5.92 Å². The molecule has 1 fully saturated rings. The van der Waals surface area contributed by atoms with E-state index in [1.165, 1.54) is 4.31 Å². The van der Waals surface area contributed by atoms with E-state index >= 15 is 0 Å². The molecule has 0 aromatic heterocycles. The lowest BCUT2D eigenvalue weighted by molar-refractivity contribution is 0.357. The summed E-state index contributed by atoms with van der Waals surface area (Å²) in [6.45, 7) is 2.60. The summed E-state index contributed by atoms with van der Waals surface area (Å²) in [5.41, 5.74) is 0. The maximum Gasteiger partial charge on any atom is 0.242 e. The molecule has 1 aromatic carbocycles. The molecule has 0 saturated carbocycles. The van der Waals surface area contributed by atoms with Crippen LogP contribution >= 0.6 is 15.9 Å². The molecule has 1 atom stereocenters. The fraction of sp³-hybridized carbons (Fsp3) is 0.538. The van der Waals surface area contributed by atoms with E-state index in [1.54, 1.807) is 25.2 Å². The number of halogens is 1. The van der Waals surface area contributed by atoms with Gasteiger partial charge in [-0.25, -0.2) is 12.7 Å². The molecule has 0 N–H and O–H groups in total. The van der Waals surface area contributed by atoms with Crippen molar-refractivity contribution in [1.29, 1.82) is 0 Å². The number of rotatable bonds is 4. The van der Waals surface area contributed by atoms with Crippen LogP contribution in [0.25, 0.3) is 0 Å². The Morgan fingerprint density at radius 3 is 2.79 bits per heavy atom. The number of nitrogens with zero attached hydrogens (tertiary/aromatic N) is 2. The van der Waals surface area contributed by atoms with Crippen molar-refractivity contribution in [3.8, 4) is 0 Å². The van der Waals surface area contributed by atoms with Gasteiger partial charge in [0.25, 0.3) is 0 Å². The van der Waals surface area contributed by atoms with E-state index in [9.17, 15) is 8.42 Å². The van der Waals surface area contributed by atoms with Crippen LogP contribution in [0.4, 0.5) is 0 Å².